The second-order valence-electron chi connectivity index (χ2n) is 4.36. The van der Waals surface area contributed by atoms with Gasteiger partial charge in [-0.15, -0.1) is 12.4 Å². The Kier molecular flexibility index (Phi) is 6.76. The topological polar surface area (TPSA) is 72.2 Å². The van der Waals surface area contributed by atoms with E-state index in [2.05, 4.69) is 0 Å². The smallest absolute Gasteiger partial charge is 0.325 e. The molecule has 11 heteroatoms. The van der Waals surface area contributed by atoms with E-state index >= 15 is 0 Å². The highest BCUT2D eigenvalue weighted by molar-refractivity contribution is 7.89. The number of alkyl halides is 5. The fraction of sp³-hybridized carbons (Fsp3) is 0.455. The van der Waals surface area contributed by atoms with E-state index in [1.807, 2.05) is 0 Å². The predicted octanol–water partition coefficient (Wildman–Crippen LogP) is 2.31. The van der Waals surface area contributed by atoms with Crippen LogP contribution < -0.4 is 10.5 Å². The number of hydrogen-bond acceptors (Lipinski definition) is 3. The first kappa shape index (κ1) is 21.0. The Balaban J connectivity index is 0.00000441. The van der Waals surface area contributed by atoms with Crippen molar-refractivity contribution < 1.29 is 30.4 Å². The van der Waals surface area contributed by atoms with E-state index in [1.165, 1.54) is 4.72 Å². The van der Waals surface area contributed by atoms with E-state index in [-0.39, 0.29) is 18.0 Å². The zero-order valence-corrected chi connectivity index (χ0v) is 12.9. The fourth-order valence-electron chi connectivity index (χ4n) is 1.43. The van der Waals surface area contributed by atoms with Crippen LogP contribution in [0.2, 0.25) is 0 Å². The van der Waals surface area contributed by atoms with Gasteiger partial charge in [0.05, 0.1) is 23.5 Å². The summed E-state index contributed by atoms with van der Waals surface area (Å²) in [4.78, 5) is -0.742. The van der Waals surface area contributed by atoms with Gasteiger partial charge >= 0.3 is 6.18 Å². The van der Waals surface area contributed by atoms with Crippen LogP contribution in [0.25, 0.3) is 0 Å². The summed E-state index contributed by atoms with van der Waals surface area (Å²) >= 11 is 0. The molecule has 1 aromatic rings. The van der Waals surface area contributed by atoms with Gasteiger partial charge in [-0.3, -0.25) is 0 Å². The van der Waals surface area contributed by atoms with Gasteiger partial charge in [0.15, 0.2) is 0 Å². The van der Waals surface area contributed by atoms with Crippen molar-refractivity contribution in [2.75, 3.05) is 13.1 Å². The van der Waals surface area contributed by atoms with Crippen LogP contribution in [0, 0.1) is 6.92 Å². The predicted molar refractivity (Wildman–Crippen MR) is 72.6 cm³/mol. The zero-order chi connectivity index (χ0) is 16.5. The van der Waals surface area contributed by atoms with Gasteiger partial charge in [0.1, 0.15) is 0 Å². The van der Waals surface area contributed by atoms with Gasteiger partial charge < -0.3 is 5.73 Å². The van der Waals surface area contributed by atoms with Crippen LogP contribution in [0.3, 0.4) is 0 Å². The first-order chi connectivity index (χ1) is 9.39. The molecule has 128 valence electrons. The van der Waals surface area contributed by atoms with Crippen molar-refractivity contribution in [2.45, 2.75) is 23.9 Å². The summed E-state index contributed by atoms with van der Waals surface area (Å²) in [5.74, 6) is -3.48. The number of benzene rings is 1. The van der Waals surface area contributed by atoms with Gasteiger partial charge in [-0.25, -0.2) is 21.9 Å². The molecule has 0 amide bonds. The summed E-state index contributed by atoms with van der Waals surface area (Å²) < 4.78 is 88.9. The summed E-state index contributed by atoms with van der Waals surface area (Å²) in [5, 5.41) is 0. The minimum atomic E-state index is -4.74. The first-order valence-electron chi connectivity index (χ1n) is 5.64. The van der Waals surface area contributed by atoms with Gasteiger partial charge in [0.2, 0.25) is 10.0 Å². The maximum atomic E-state index is 12.9. The molecule has 1 rings (SSSR count). The maximum Gasteiger partial charge on any atom is 0.416 e. The molecule has 3 N–H and O–H groups in total. The van der Waals surface area contributed by atoms with E-state index in [1.54, 1.807) is 0 Å². The largest absolute Gasteiger partial charge is 0.416 e. The molecule has 1 aromatic carbocycles. The number of sulfonamides is 1. The van der Waals surface area contributed by atoms with Crippen LogP contribution in [0.15, 0.2) is 23.1 Å². The number of hydrogen-bond donors (Lipinski definition) is 2. The normalized spacial score (nSPS) is 12.9. The standard InChI is InChI=1S/C11H13F5N2O2S.ClH/c1-7-2-3-8(4-9(7)11(14,15)16)21(19,20)18-6-10(12,13)5-17;/h2-4,18H,5-6,17H2,1H3;1H. The Morgan fingerprint density at radius 3 is 2.18 bits per heavy atom. The summed E-state index contributed by atoms with van der Waals surface area (Å²) in [5.41, 5.74) is 3.43. The highest BCUT2D eigenvalue weighted by atomic mass is 35.5. The van der Waals surface area contributed by atoms with Crippen LogP contribution in [-0.2, 0) is 16.2 Å². The van der Waals surface area contributed by atoms with Crippen LogP contribution in [-0.4, -0.2) is 27.4 Å². The molecule has 0 saturated carbocycles. The van der Waals surface area contributed by atoms with Crippen molar-refractivity contribution in [3.63, 3.8) is 0 Å². The number of rotatable bonds is 5. The summed E-state index contributed by atoms with van der Waals surface area (Å²) in [7, 11) is -4.49. The van der Waals surface area contributed by atoms with E-state index in [9.17, 15) is 30.4 Å². The molecule has 0 aliphatic heterocycles. The Bertz CT molecular complexity index is 619. The lowest BCUT2D eigenvalue weighted by Crippen LogP contribution is -2.41. The minimum absolute atomic E-state index is 0. The van der Waals surface area contributed by atoms with Crippen molar-refractivity contribution in [1.82, 2.24) is 4.72 Å². The van der Waals surface area contributed by atoms with Gasteiger partial charge in [-0.05, 0) is 24.6 Å². The third-order valence-electron chi connectivity index (χ3n) is 2.64. The van der Waals surface area contributed by atoms with E-state index in [0.717, 1.165) is 19.1 Å². The van der Waals surface area contributed by atoms with Crippen molar-refractivity contribution in [1.29, 1.82) is 0 Å². The monoisotopic (exact) mass is 368 g/mol. The SMILES string of the molecule is Cc1ccc(S(=O)(=O)NCC(F)(F)CN)cc1C(F)(F)F.Cl. The molecule has 22 heavy (non-hydrogen) atoms. The first-order valence-corrected chi connectivity index (χ1v) is 7.13. The number of nitrogens with one attached hydrogen (secondary N) is 1. The highest BCUT2D eigenvalue weighted by Crippen LogP contribution is 2.33. The Hall–Kier alpha value is -0.970. The maximum absolute atomic E-state index is 12.9. The molecule has 0 aromatic heterocycles. The van der Waals surface area contributed by atoms with Crippen molar-refractivity contribution in [2.24, 2.45) is 5.73 Å². The highest BCUT2D eigenvalue weighted by Gasteiger charge is 2.34. The lowest BCUT2D eigenvalue weighted by molar-refractivity contribution is -0.138. The molecule has 0 unspecified atom stereocenters. The molecule has 0 radical (unpaired) electrons. The molecule has 0 spiro atoms. The van der Waals surface area contributed by atoms with Crippen LogP contribution >= 0.6 is 12.4 Å². The third-order valence-corrected chi connectivity index (χ3v) is 4.04. The van der Waals surface area contributed by atoms with Gasteiger partial charge in [-0.1, -0.05) is 6.07 Å². The third kappa shape index (κ3) is 5.34. The van der Waals surface area contributed by atoms with Crippen molar-refractivity contribution in [3.8, 4) is 0 Å². The number of nitrogens with two attached hydrogens (primary N) is 1. The zero-order valence-electron chi connectivity index (χ0n) is 11.2. The second kappa shape index (κ2) is 7.07. The second-order valence-corrected chi connectivity index (χ2v) is 6.13. The molecule has 4 nitrogen and oxygen atoms in total. The van der Waals surface area contributed by atoms with E-state index < -0.39 is 45.7 Å². The number of halogens is 6. The molecule has 0 bridgehead atoms. The number of aryl methyl sites for hydroxylation is 1. The Labute approximate surface area is 130 Å². The molecule has 0 aliphatic rings. The Morgan fingerprint density at radius 1 is 1.18 bits per heavy atom. The lowest BCUT2D eigenvalue weighted by Gasteiger charge is -2.16. The van der Waals surface area contributed by atoms with E-state index in [4.69, 9.17) is 5.73 Å². The molecule has 0 aliphatic carbocycles. The molecule has 0 fully saturated rings. The molecular formula is C11H14ClF5N2O2S. The molecule has 0 atom stereocenters. The fourth-order valence-corrected chi connectivity index (χ4v) is 2.52. The van der Waals surface area contributed by atoms with Gasteiger partial charge in [0.25, 0.3) is 5.92 Å². The van der Waals surface area contributed by atoms with Crippen molar-refractivity contribution in [3.05, 3.63) is 29.3 Å². The quantitative estimate of drug-likeness (QED) is 0.783. The summed E-state index contributed by atoms with van der Waals surface area (Å²) in [6, 6.07) is 2.27. The van der Waals surface area contributed by atoms with E-state index in [0.29, 0.717) is 6.07 Å². The van der Waals surface area contributed by atoms with Gasteiger partial charge in [-0.2, -0.15) is 13.2 Å². The molecule has 0 saturated heterocycles. The average Bonchev–Trinajstić information content (AvgIpc) is 2.35. The van der Waals surface area contributed by atoms with Crippen LogP contribution in [0.1, 0.15) is 11.1 Å². The minimum Gasteiger partial charge on any atom is -0.325 e. The van der Waals surface area contributed by atoms with Crippen molar-refractivity contribution >= 4 is 22.4 Å². The van der Waals surface area contributed by atoms with Crippen LogP contribution in [0.5, 0.6) is 0 Å². The average molecular weight is 369 g/mol. The molecular weight excluding hydrogens is 355 g/mol. The van der Waals surface area contributed by atoms with Gasteiger partial charge in [0, 0.05) is 0 Å². The van der Waals surface area contributed by atoms with Crippen LogP contribution in [0.4, 0.5) is 22.0 Å². The lowest BCUT2D eigenvalue weighted by atomic mass is 10.1. The summed E-state index contributed by atoms with van der Waals surface area (Å²) in [6.07, 6.45) is -4.74. The summed E-state index contributed by atoms with van der Waals surface area (Å²) in [6.45, 7) is -1.21. The Morgan fingerprint density at radius 2 is 1.73 bits per heavy atom. The molecule has 0 heterocycles.